The van der Waals surface area contributed by atoms with Crippen molar-refractivity contribution in [3.8, 4) is 0 Å². The topological polar surface area (TPSA) is 12.0 Å². The smallest absolute Gasteiger partial charge is 0.0453 e. The molecule has 1 rings (SSSR count). The Morgan fingerprint density at radius 2 is 2.13 bits per heavy atom. The summed E-state index contributed by atoms with van der Waals surface area (Å²) in [4.78, 5) is 0. The summed E-state index contributed by atoms with van der Waals surface area (Å²) in [5.41, 5.74) is 2.40. The molecule has 1 atom stereocenters. The highest BCUT2D eigenvalue weighted by Gasteiger charge is 2.01. The first kappa shape index (κ1) is 12.5. The normalized spacial score (nSPS) is 12.8. The van der Waals surface area contributed by atoms with Crippen LogP contribution in [0.1, 0.15) is 31.4 Å². The van der Waals surface area contributed by atoms with Crippen LogP contribution in [0.25, 0.3) is 0 Å². The lowest BCUT2D eigenvalue weighted by Crippen LogP contribution is -2.20. The lowest BCUT2D eigenvalue weighted by molar-refractivity contribution is 0.500. The molecule has 0 aliphatic carbocycles. The second kappa shape index (κ2) is 6.14. The van der Waals surface area contributed by atoms with E-state index in [4.69, 9.17) is 11.6 Å². The molecular weight excluding hydrogens is 206 g/mol. The Bertz CT molecular complexity index is 309. The summed E-state index contributed by atoms with van der Waals surface area (Å²) in [5, 5.41) is 4.30. The van der Waals surface area contributed by atoms with Gasteiger partial charge in [0.2, 0.25) is 0 Å². The van der Waals surface area contributed by atoms with Crippen LogP contribution in [0.3, 0.4) is 0 Å². The zero-order valence-electron chi connectivity index (χ0n) is 9.81. The van der Waals surface area contributed by atoms with Gasteiger partial charge in [-0.2, -0.15) is 0 Å². The van der Waals surface area contributed by atoms with Gasteiger partial charge in [-0.1, -0.05) is 44.0 Å². The maximum Gasteiger partial charge on any atom is 0.0453 e. The monoisotopic (exact) mass is 225 g/mol. The molecule has 2 heteroatoms. The Morgan fingerprint density at radius 3 is 2.73 bits per heavy atom. The van der Waals surface area contributed by atoms with Crippen molar-refractivity contribution in [3.05, 3.63) is 34.3 Å². The van der Waals surface area contributed by atoms with Gasteiger partial charge in [0.05, 0.1) is 0 Å². The zero-order valence-corrected chi connectivity index (χ0v) is 10.6. The number of rotatable bonds is 5. The lowest BCUT2D eigenvalue weighted by Gasteiger charge is -2.11. The highest BCUT2D eigenvalue weighted by atomic mass is 35.5. The molecule has 1 unspecified atom stereocenters. The molecule has 0 spiro atoms. The molecule has 0 fully saturated rings. The van der Waals surface area contributed by atoms with Crippen molar-refractivity contribution in [2.75, 3.05) is 6.54 Å². The van der Waals surface area contributed by atoms with Crippen LogP contribution in [0, 0.1) is 12.8 Å². The third-order valence-corrected chi connectivity index (χ3v) is 3.07. The van der Waals surface area contributed by atoms with Gasteiger partial charge in [-0.25, -0.2) is 0 Å². The number of benzene rings is 1. The maximum atomic E-state index is 6.14. The highest BCUT2D eigenvalue weighted by molar-refractivity contribution is 6.31. The van der Waals surface area contributed by atoms with Crippen LogP contribution in [-0.4, -0.2) is 6.54 Å². The van der Waals surface area contributed by atoms with Gasteiger partial charge in [-0.3, -0.25) is 0 Å². The number of hydrogen-bond donors (Lipinski definition) is 1. The van der Waals surface area contributed by atoms with E-state index in [1.165, 1.54) is 17.5 Å². The van der Waals surface area contributed by atoms with Gasteiger partial charge in [0, 0.05) is 11.6 Å². The first-order valence-electron chi connectivity index (χ1n) is 5.59. The summed E-state index contributed by atoms with van der Waals surface area (Å²) >= 11 is 6.14. The second-order valence-corrected chi connectivity index (χ2v) is 4.65. The quantitative estimate of drug-likeness (QED) is 0.804. The minimum Gasteiger partial charge on any atom is -0.312 e. The average molecular weight is 226 g/mol. The van der Waals surface area contributed by atoms with Crippen LogP contribution in [0.15, 0.2) is 18.2 Å². The summed E-state index contributed by atoms with van der Waals surface area (Å²) < 4.78 is 0. The van der Waals surface area contributed by atoms with E-state index in [2.05, 4.69) is 38.2 Å². The highest BCUT2D eigenvalue weighted by Crippen LogP contribution is 2.17. The van der Waals surface area contributed by atoms with Crippen molar-refractivity contribution < 1.29 is 0 Å². The Kier molecular flexibility index (Phi) is 5.13. The summed E-state index contributed by atoms with van der Waals surface area (Å²) in [6.07, 6.45) is 1.22. The van der Waals surface area contributed by atoms with E-state index in [-0.39, 0.29) is 0 Å². The van der Waals surface area contributed by atoms with Crippen LogP contribution >= 0.6 is 11.6 Å². The van der Waals surface area contributed by atoms with Crippen molar-refractivity contribution >= 4 is 11.6 Å². The van der Waals surface area contributed by atoms with Gasteiger partial charge in [-0.05, 0) is 36.6 Å². The van der Waals surface area contributed by atoms with Crippen LogP contribution < -0.4 is 5.32 Å². The second-order valence-electron chi connectivity index (χ2n) is 4.24. The first-order chi connectivity index (χ1) is 7.13. The van der Waals surface area contributed by atoms with Gasteiger partial charge in [0.25, 0.3) is 0 Å². The molecule has 0 radical (unpaired) electrons. The Labute approximate surface area is 97.8 Å². The molecule has 0 aliphatic rings. The fourth-order valence-corrected chi connectivity index (χ4v) is 1.70. The van der Waals surface area contributed by atoms with Crippen molar-refractivity contribution in [1.82, 2.24) is 5.32 Å². The van der Waals surface area contributed by atoms with Gasteiger partial charge in [0.15, 0.2) is 0 Å². The van der Waals surface area contributed by atoms with Crippen LogP contribution in [-0.2, 0) is 6.54 Å². The Morgan fingerprint density at radius 1 is 1.40 bits per heavy atom. The predicted octanol–water partition coefficient (Wildman–Crippen LogP) is 3.78. The van der Waals surface area contributed by atoms with E-state index in [0.717, 1.165) is 24.0 Å². The average Bonchev–Trinajstić information content (AvgIpc) is 2.21. The van der Waals surface area contributed by atoms with E-state index in [1.807, 2.05) is 6.07 Å². The van der Waals surface area contributed by atoms with Crippen LogP contribution in [0.2, 0.25) is 5.02 Å². The molecular formula is C13H20ClN. The van der Waals surface area contributed by atoms with Crippen LogP contribution in [0.4, 0.5) is 0 Å². The van der Waals surface area contributed by atoms with Crippen molar-refractivity contribution in [3.63, 3.8) is 0 Å². The Hall–Kier alpha value is -0.530. The van der Waals surface area contributed by atoms with Gasteiger partial charge >= 0.3 is 0 Å². The third kappa shape index (κ3) is 4.23. The molecule has 0 saturated carbocycles. The largest absolute Gasteiger partial charge is 0.312 e. The van der Waals surface area contributed by atoms with E-state index < -0.39 is 0 Å². The molecule has 0 saturated heterocycles. The molecule has 0 aromatic heterocycles. The van der Waals surface area contributed by atoms with Crippen molar-refractivity contribution in [1.29, 1.82) is 0 Å². The standard InChI is InChI=1S/C13H20ClN/c1-4-10(2)8-15-9-12-6-5-11(3)7-13(12)14/h5-7,10,15H,4,8-9H2,1-3H3. The number of halogens is 1. The third-order valence-electron chi connectivity index (χ3n) is 2.71. The predicted molar refractivity (Wildman–Crippen MR) is 67.4 cm³/mol. The molecule has 84 valence electrons. The fraction of sp³-hybridized carbons (Fsp3) is 0.538. The zero-order chi connectivity index (χ0) is 11.3. The van der Waals surface area contributed by atoms with Gasteiger partial charge in [0.1, 0.15) is 0 Å². The first-order valence-corrected chi connectivity index (χ1v) is 5.97. The number of aryl methyl sites for hydroxylation is 1. The molecule has 0 aliphatic heterocycles. The Balaban J connectivity index is 2.44. The maximum absolute atomic E-state index is 6.14. The number of hydrogen-bond acceptors (Lipinski definition) is 1. The van der Waals surface area contributed by atoms with Gasteiger partial charge in [-0.15, -0.1) is 0 Å². The molecule has 1 aromatic carbocycles. The molecule has 0 amide bonds. The van der Waals surface area contributed by atoms with E-state index in [9.17, 15) is 0 Å². The minimum absolute atomic E-state index is 0.731. The van der Waals surface area contributed by atoms with E-state index >= 15 is 0 Å². The molecule has 1 aromatic rings. The fourth-order valence-electron chi connectivity index (χ4n) is 1.39. The lowest BCUT2D eigenvalue weighted by atomic mass is 10.1. The van der Waals surface area contributed by atoms with Crippen molar-refractivity contribution in [2.24, 2.45) is 5.92 Å². The molecule has 1 nitrogen and oxygen atoms in total. The molecule has 15 heavy (non-hydrogen) atoms. The number of nitrogens with one attached hydrogen (secondary N) is 1. The SMILES string of the molecule is CCC(C)CNCc1ccc(C)cc1Cl. The minimum atomic E-state index is 0.731. The van der Waals surface area contributed by atoms with E-state index in [0.29, 0.717) is 0 Å². The van der Waals surface area contributed by atoms with E-state index in [1.54, 1.807) is 0 Å². The molecule has 1 N–H and O–H groups in total. The summed E-state index contributed by atoms with van der Waals surface area (Å²) in [5.74, 6) is 0.731. The van der Waals surface area contributed by atoms with Crippen molar-refractivity contribution in [2.45, 2.75) is 33.7 Å². The van der Waals surface area contributed by atoms with Crippen LogP contribution in [0.5, 0.6) is 0 Å². The van der Waals surface area contributed by atoms with Gasteiger partial charge < -0.3 is 5.32 Å². The molecule has 0 bridgehead atoms. The molecule has 0 heterocycles. The summed E-state index contributed by atoms with van der Waals surface area (Å²) in [7, 11) is 0. The summed E-state index contributed by atoms with van der Waals surface area (Å²) in [6, 6.07) is 6.22. The summed E-state index contributed by atoms with van der Waals surface area (Å²) in [6.45, 7) is 8.45.